The standard InChI is InChI=1S/C38H40IN3O3/c1-4-5-24-39(37(45)40-26-29-15-8-6-9-16-29)25-23-34(43)42-35(31-18-10-7-11-19-31)36(44)41(28-38(42,2)3)27-32-21-14-20-30-17-12-13-22-33(30)32/h4,6-22,24-25,35H,1,5,23,26-28H2,2-3H3,(H,40,45)/t35-/m0/s1. The van der Waals surface area contributed by atoms with E-state index >= 15 is 0 Å². The first kappa shape index (κ1) is 32.2. The van der Waals surface area contributed by atoms with E-state index in [0.29, 0.717) is 26.1 Å². The minimum atomic E-state index is -2.46. The van der Waals surface area contributed by atoms with E-state index in [4.69, 9.17) is 0 Å². The van der Waals surface area contributed by atoms with E-state index in [1.165, 1.54) is 0 Å². The van der Waals surface area contributed by atoms with E-state index in [1.807, 2.05) is 106 Å². The Labute approximate surface area is 272 Å². The lowest BCUT2D eigenvalue weighted by atomic mass is 9.89. The molecular weight excluding hydrogens is 673 g/mol. The van der Waals surface area contributed by atoms with E-state index in [-0.39, 0.29) is 22.1 Å². The predicted octanol–water partition coefficient (Wildman–Crippen LogP) is 7.52. The van der Waals surface area contributed by atoms with Crippen molar-refractivity contribution in [2.24, 2.45) is 0 Å². The quantitative estimate of drug-likeness (QED) is 0.0801. The highest BCUT2D eigenvalue weighted by molar-refractivity contribution is 14.2. The van der Waals surface area contributed by atoms with Crippen molar-refractivity contribution < 1.29 is 14.4 Å². The van der Waals surface area contributed by atoms with Gasteiger partial charge < -0.3 is 15.1 Å². The Morgan fingerprint density at radius 1 is 0.911 bits per heavy atom. The molecule has 3 amide bonds. The topological polar surface area (TPSA) is 69.7 Å². The van der Waals surface area contributed by atoms with Gasteiger partial charge in [-0.25, -0.2) is 0 Å². The van der Waals surface area contributed by atoms with E-state index in [0.717, 1.165) is 27.5 Å². The van der Waals surface area contributed by atoms with Crippen molar-refractivity contribution in [2.45, 2.75) is 51.4 Å². The van der Waals surface area contributed by atoms with Crippen LogP contribution in [-0.2, 0) is 22.7 Å². The Hall–Kier alpha value is -4.24. The van der Waals surface area contributed by atoms with E-state index in [2.05, 4.69) is 36.2 Å². The molecule has 4 aromatic carbocycles. The minimum Gasteiger partial charge on any atom is -0.344 e. The summed E-state index contributed by atoms with van der Waals surface area (Å²) in [6, 6.07) is 32.9. The van der Waals surface area contributed by atoms with Crippen molar-refractivity contribution >= 4 is 53.4 Å². The second-order valence-corrected chi connectivity index (χ2v) is 16.4. The molecule has 6 nitrogen and oxygen atoms in total. The van der Waals surface area contributed by atoms with Gasteiger partial charge in [0.2, 0.25) is 11.8 Å². The van der Waals surface area contributed by atoms with Crippen molar-refractivity contribution in [3.05, 3.63) is 132 Å². The second kappa shape index (κ2) is 14.7. The number of hydrogen-bond donors (Lipinski definition) is 1. The first-order valence-corrected chi connectivity index (χ1v) is 18.7. The normalized spacial score (nSPS) is 16.9. The van der Waals surface area contributed by atoms with Gasteiger partial charge in [0.15, 0.2) is 0 Å². The van der Waals surface area contributed by atoms with Gasteiger partial charge in [-0.1, -0.05) is 128 Å². The van der Waals surface area contributed by atoms with Crippen LogP contribution in [0.4, 0.5) is 4.79 Å². The highest BCUT2D eigenvalue weighted by atomic mass is 127. The molecule has 1 atom stereocenters. The summed E-state index contributed by atoms with van der Waals surface area (Å²) in [5, 5.41) is 5.31. The summed E-state index contributed by atoms with van der Waals surface area (Å²) in [4.78, 5) is 45.4. The molecule has 1 saturated heterocycles. The van der Waals surface area contributed by atoms with Gasteiger partial charge in [-0.15, -0.1) is 6.58 Å². The third-order valence-electron chi connectivity index (χ3n) is 7.97. The maximum Gasteiger partial charge on any atom is 0.269 e. The Balaban J connectivity index is 1.42. The molecule has 0 saturated carbocycles. The van der Waals surface area contributed by atoms with Gasteiger partial charge in [0, 0.05) is 19.6 Å². The molecular formula is C38H40IN3O3. The summed E-state index contributed by atoms with van der Waals surface area (Å²) in [6.45, 7) is 9.14. The molecule has 1 fully saturated rings. The molecule has 4 aromatic rings. The summed E-state index contributed by atoms with van der Waals surface area (Å²) >= 11 is -2.46. The predicted molar refractivity (Wildman–Crippen MR) is 194 cm³/mol. The first-order chi connectivity index (χ1) is 21.8. The number of nitrogens with zero attached hydrogens (tertiary/aromatic N) is 2. The van der Waals surface area contributed by atoms with Gasteiger partial charge in [-0.2, -0.15) is 0 Å². The molecule has 0 spiro atoms. The van der Waals surface area contributed by atoms with Crippen LogP contribution >= 0.6 is 18.9 Å². The molecule has 45 heavy (non-hydrogen) atoms. The number of fused-ring (bicyclic) bond motifs is 1. The van der Waals surface area contributed by atoms with Crippen molar-refractivity contribution in [2.75, 3.05) is 6.54 Å². The van der Waals surface area contributed by atoms with Gasteiger partial charge in [-0.3, -0.25) is 14.4 Å². The summed E-state index contributed by atoms with van der Waals surface area (Å²) < 4.78 is 3.89. The molecule has 7 heteroatoms. The third-order valence-corrected chi connectivity index (χ3v) is 12.3. The van der Waals surface area contributed by atoms with Crippen molar-refractivity contribution in [1.82, 2.24) is 15.1 Å². The second-order valence-electron chi connectivity index (χ2n) is 11.7. The maximum atomic E-state index is 14.3. The number of benzene rings is 4. The molecule has 0 bridgehead atoms. The van der Waals surface area contributed by atoms with Gasteiger partial charge in [-0.05, 0) is 55.8 Å². The van der Waals surface area contributed by atoms with Crippen LogP contribution in [0.15, 0.2) is 116 Å². The van der Waals surface area contributed by atoms with Crippen molar-refractivity contribution in [3.8, 4) is 0 Å². The van der Waals surface area contributed by atoms with Gasteiger partial charge >= 0.3 is 0 Å². The zero-order valence-corrected chi connectivity index (χ0v) is 28.0. The molecule has 0 unspecified atom stereocenters. The number of piperazine rings is 1. The number of allylic oxidation sites excluding steroid dienone is 1. The lowest BCUT2D eigenvalue weighted by Crippen LogP contribution is -2.64. The molecule has 1 aliphatic heterocycles. The fraction of sp³-hybridized carbons (Fsp3) is 0.237. The maximum absolute atomic E-state index is 14.3. The highest BCUT2D eigenvalue weighted by Crippen LogP contribution is 2.37. The number of carbonyl (C=O) groups excluding carboxylic acids is 3. The minimum absolute atomic E-state index is 0.0208. The van der Waals surface area contributed by atoms with E-state index < -0.39 is 30.5 Å². The molecule has 0 radical (unpaired) electrons. The number of nitrogens with one attached hydrogen (secondary N) is 1. The summed E-state index contributed by atoms with van der Waals surface area (Å²) in [6.07, 6.45) is 2.45. The lowest BCUT2D eigenvalue weighted by Gasteiger charge is -2.51. The fourth-order valence-electron chi connectivity index (χ4n) is 5.89. The van der Waals surface area contributed by atoms with Gasteiger partial charge in [0.1, 0.15) is 6.04 Å². The number of carbonyl (C=O) groups is 3. The molecule has 1 N–H and O–H groups in total. The van der Waals surface area contributed by atoms with Crippen LogP contribution in [0.2, 0.25) is 0 Å². The smallest absolute Gasteiger partial charge is 0.269 e. The number of hydrogen-bond acceptors (Lipinski definition) is 3. The summed E-state index contributed by atoms with van der Waals surface area (Å²) in [5.41, 5.74) is 2.23. The van der Waals surface area contributed by atoms with E-state index in [1.54, 1.807) is 11.0 Å². The largest absolute Gasteiger partial charge is 0.344 e. The Kier molecular flexibility index (Phi) is 10.5. The van der Waals surface area contributed by atoms with Crippen molar-refractivity contribution in [3.63, 3.8) is 0 Å². The van der Waals surface area contributed by atoms with Crippen LogP contribution in [0.3, 0.4) is 0 Å². The zero-order valence-electron chi connectivity index (χ0n) is 25.9. The van der Waals surface area contributed by atoms with E-state index in [9.17, 15) is 14.4 Å². The zero-order chi connectivity index (χ0) is 31.8. The van der Waals surface area contributed by atoms with Crippen LogP contribution in [0.1, 0.15) is 49.4 Å². The highest BCUT2D eigenvalue weighted by Gasteiger charge is 2.47. The molecule has 232 valence electrons. The first-order valence-electron chi connectivity index (χ1n) is 15.2. The Bertz CT molecular complexity index is 1770. The number of halogens is 1. The van der Waals surface area contributed by atoms with Crippen LogP contribution in [0.5, 0.6) is 0 Å². The lowest BCUT2D eigenvalue weighted by molar-refractivity contribution is -0.162. The van der Waals surface area contributed by atoms with Gasteiger partial charge in [0.25, 0.3) is 3.91 Å². The van der Waals surface area contributed by atoms with Crippen LogP contribution in [0.25, 0.3) is 10.8 Å². The Morgan fingerprint density at radius 3 is 2.31 bits per heavy atom. The molecule has 1 aliphatic rings. The van der Waals surface area contributed by atoms with Gasteiger partial charge in [0.05, 0.1) is 12.0 Å². The average molecular weight is 714 g/mol. The third kappa shape index (κ3) is 7.71. The average Bonchev–Trinajstić information content (AvgIpc) is 3.05. The number of rotatable bonds is 10. The van der Waals surface area contributed by atoms with Crippen LogP contribution in [0, 0.1) is 0 Å². The molecule has 5 rings (SSSR count). The summed E-state index contributed by atoms with van der Waals surface area (Å²) in [5.74, 6) is -0.256. The number of amides is 3. The molecule has 0 aliphatic carbocycles. The SMILES string of the molecule is C=CCC=I(=CCC(=O)N1[C@@H](c2ccccc2)C(=O)N(Cc2cccc3ccccc23)CC1(C)C)C(=O)NCc1ccccc1. The van der Waals surface area contributed by atoms with Crippen LogP contribution < -0.4 is 5.32 Å². The van der Waals surface area contributed by atoms with Crippen molar-refractivity contribution in [1.29, 1.82) is 0 Å². The summed E-state index contributed by atoms with van der Waals surface area (Å²) in [7, 11) is 0. The molecule has 0 aromatic heterocycles. The fourth-order valence-corrected chi connectivity index (χ4v) is 9.44. The monoisotopic (exact) mass is 713 g/mol. The molecule has 1 heterocycles. The van der Waals surface area contributed by atoms with Crippen LogP contribution in [-0.4, -0.2) is 45.6 Å². The Morgan fingerprint density at radius 2 is 1.58 bits per heavy atom.